The number of hydrogen-bond acceptors (Lipinski definition) is 6. The summed E-state index contributed by atoms with van der Waals surface area (Å²) in [4.78, 5) is 33.3. The SMILES string of the molecule is COc1ccc(OC)c(NC(=O)[C@@H](C)NC(=O)N2CCN(c3ccccn3)CC2)c1. The zero-order chi connectivity index (χ0) is 21.5. The number of anilines is 2. The lowest BCUT2D eigenvalue weighted by Gasteiger charge is -2.35. The fraction of sp³-hybridized carbons (Fsp3) is 0.381. The molecule has 1 aromatic heterocycles. The molecule has 2 aromatic rings. The summed E-state index contributed by atoms with van der Waals surface area (Å²) in [7, 11) is 3.07. The lowest BCUT2D eigenvalue weighted by Crippen LogP contribution is -2.54. The van der Waals surface area contributed by atoms with E-state index in [1.54, 1.807) is 43.3 Å². The van der Waals surface area contributed by atoms with Crippen LogP contribution >= 0.6 is 0 Å². The summed E-state index contributed by atoms with van der Waals surface area (Å²) in [5.41, 5.74) is 0.479. The number of carbonyl (C=O) groups excluding carboxylic acids is 2. The van der Waals surface area contributed by atoms with Gasteiger partial charge in [0.1, 0.15) is 23.4 Å². The molecule has 9 nitrogen and oxygen atoms in total. The number of methoxy groups -OCH3 is 2. The first-order valence-electron chi connectivity index (χ1n) is 9.76. The molecule has 0 spiro atoms. The second kappa shape index (κ2) is 9.82. The van der Waals surface area contributed by atoms with Crippen LogP contribution in [0.15, 0.2) is 42.6 Å². The number of piperazine rings is 1. The Bertz CT molecular complexity index is 869. The van der Waals surface area contributed by atoms with Crippen molar-refractivity contribution in [1.29, 1.82) is 0 Å². The molecule has 3 amide bonds. The van der Waals surface area contributed by atoms with Gasteiger partial charge in [-0.25, -0.2) is 9.78 Å². The Hall–Kier alpha value is -3.49. The number of nitrogens with zero attached hydrogens (tertiary/aromatic N) is 3. The summed E-state index contributed by atoms with van der Waals surface area (Å²) in [6.07, 6.45) is 1.76. The van der Waals surface area contributed by atoms with Crippen molar-refractivity contribution in [3.8, 4) is 11.5 Å². The van der Waals surface area contributed by atoms with Gasteiger partial charge in [-0.1, -0.05) is 6.07 Å². The van der Waals surface area contributed by atoms with Gasteiger partial charge in [-0.15, -0.1) is 0 Å². The Kier molecular flexibility index (Phi) is 6.95. The lowest BCUT2D eigenvalue weighted by molar-refractivity contribution is -0.117. The maximum Gasteiger partial charge on any atom is 0.318 e. The maximum absolute atomic E-state index is 12.6. The molecular weight excluding hydrogens is 386 g/mol. The maximum atomic E-state index is 12.6. The van der Waals surface area contributed by atoms with E-state index in [4.69, 9.17) is 9.47 Å². The van der Waals surface area contributed by atoms with Crippen molar-refractivity contribution in [2.24, 2.45) is 0 Å². The van der Waals surface area contributed by atoms with Gasteiger partial charge in [-0.3, -0.25) is 4.79 Å². The number of benzene rings is 1. The Morgan fingerprint density at radius 3 is 2.47 bits per heavy atom. The zero-order valence-corrected chi connectivity index (χ0v) is 17.4. The van der Waals surface area contributed by atoms with Crippen LogP contribution in [-0.4, -0.2) is 68.3 Å². The first-order valence-corrected chi connectivity index (χ1v) is 9.76. The van der Waals surface area contributed by atoms with Crippen LogP contribution in [0.4, 0.5) is 16.3 Å². The predicted molar refractivity (Wildman–Crippen MR) is 114 cm³/mol. The molecule has 1 aliphatic heterocycles. The molecule has 9 heteroatoms. The first-order chi connectivity index (χ1) is 14.5. The van der Waals surface area contributed by atoms with Crippen LogP contribution in [0.1, 0.15) is 6.92 Å². The lowest BCUT2D eigenvalue weighted by atomic mass is 10.2. The number of hydrogen-bond donors (Lipinski definition) is 2. The minimum Gasteiger partial charge on any atom is -0.497 e. The van der Waals surface area contributed by atoms with E-state index in [0.29, 0.717) is 43.4 Å². The molecule has 2 N–H and O–H groups in total. The van der Waals surface area contributed by atoms with Gasteiger partial charge in [-0.2, -0.15) is 0 Å². The van der Waals surface area contributed by atoms with Gasteiger partial charge in [0.2, 0.25) is 5.91 Å². The molecule has 0 bridgehead atoms. The van der Waals surface area contributed by atoms with Gasteiger partial charge in [-0.05, 0) is 31.2 Å². The Morgan fingerprint density at radius 1 is 1.07 bits per heavy atom. The molecule has 1 fully saturated rings. The van der Waals surface area contributed by atoms with Crippen LogP contribution in [0, 0.1) is 0 Å². The van der Waals surface area contributed by atoms with Crippen molar-refractivity contribution in [3.05, 3.63) is 42.6 Å². The molecule has 2 heterocycles. The third-order valence-corrected chi connectivity index (χ3v) is 4.94. The van der Waals surface area contributed by atoms with E-state index in [-0.39, 0.29) is 11.9 Å². The van der Waals surface area contributed by atoms with Crippen LogP contribution < -0.4 is 25.0 Å². The Balaban J connectivity index is 1.53. The number of rotatable bonds is 6. The highest BCUT2D eigenvalue weighted by Crippen LogP contribution is 2.28. The predicted octanol–water partition coefficient (Wildman–Crippen LogP) is 1.96. The monoisotopic (exact) mass is 413 g/mol. The van der Waals surface area contributed by atoms with Gasteiger partial charge in [0.15, 0.2) is 0 Å². The van der Waals surface area contributed by atoms with E-state index in [9.17, 15) is 9.59 Å². The molecule has 0 saturated carbocycles. The highest BCUT2D eigenvalue weighted by Gasteiger charge is 2.25. The molecule has 0 radical (unpaired) electrons. The van der Waals surface area contributed by atoms with Crippen molar-refractivity contribution in [2.75, 3.05) is 50.6 Å². The Labute approximate surface area is 176 Å². The number of amides is 3. The van der Waals surface area contributed by atoms with Crippen molar-refractivity contribution >= 4 is 23.4 Å². The number of pyridine rings is 1. The number of nitrogens with one attached hydrogen (secondary N) is 2. The standard InChI is InChI=1S/C21H27N5O4/c1-15(20(27)24-17-14-16(29-2)7-8-18(17)30-3)23-21(28)26-12-10-25(11-13-26)19-6-4-5-9-22-19/h4-9,14-15H,10-13H2,1-3H3,(H,23,28)(H,24,27)/t15-/m1/s1. The van der Waals surface area contributed by atoms with Gasteiger partial charge >= 0.3 is 6.03 Å². The first kappa shape index (κ1) is 21.2. The van der Waals surface area contributed by atoms with Crippen molar-refractivity contribution in [2.45, 2.75) is 13.0 Å². The van der Waals surface area contributed by atoms with Crippen LogP contribution in [-0.2, 0) is 4.79 Å². The highest BCUT2D eigenvalue weighted by atomic mass is 16.5. The molecule has 30 heavy (non-hydrogen) atoms. The second-order valence-corrected chi connectivity index (χ2v) is 6.89. The summed E-state index contributed by atoms with van der Waals surface area (Å²) < 4.78 is 10.5. The van der Waals surface area contributed by atoms with E-state index >= 15 is 0 Å². The van der Waals surface area contributed by atoms with Crippen molar-refractivity contribution in [3.63, 3.8) is 0 Å². The van der Waals surface area contributed by atoms with Gasteiger partial charge in [0.25, 0.3) is 0 Å². The third kappa shape index (κ3) is 5.11. The van der Waals surface area contributed by atoms with Crippen LogP contribution in [0.25, 0.3) is 0 Å². The summed E-state index contributed by atoms with van der Waals surface area (Å²) in [6.45, 7) is 4.13. The highest BCUT2D eigenvalue weighted by molar-refractivity contribution is 5.98. The fourth-order valence-corrected chi connectivity index (χ4v) is 3.17. The normalized spacial score (nSPS) is 14.6. The average molecular weight is 413 g/mol. The van der Waals surface area contributed by atoms with Gasteiger partial charge < -0.3 is 29.9 Å². The minimum absolute atomic E-state index is 0.268. The van der Waals surface area contributed by atoms with Crippen LogP contribution in [0.2, 0.25) is 0 Å². The number of aromatic nitrogens is 1. The molecular formula is C21H27N5O4. The van der Waals surface area contributed by atoms with Crippen LogP contribution in [0.3, 0.4) is 0 Å². The van der Waals surface area contributed by atoms with Gasteiger partial charge in [0.05, 0.1) is 19.9 Å². The molecule has 0 aliphatic carbocycles. The van der Waals surface area contributed by atoms with E-state index in [2.05, 4.69) is 20.5 Å². The Morgan fingerprint density at radius 2 is 1.83 bits per heavy atom. The topological polar surface area (TPSA) is 96.0 Å². The van der Waals surface area contributed by atoms with Crippen molar-refractivity contribution in [1.82, 2.24) is 15.2 Å². The number of urea groups is 1. The summed E-state index contributed by atoms with van der Waals surface area (Å²) >= 11 is 0. The minimum atomic E-state index is -0.720. The van der Waals surface area contributed by atoms with Crippen LogP contribution in [0.5, 0.6) is 11.5 Å². The molecule has 1 atom stereocenters. The summed E-state index contributed by atoms with van der Waals surface area (Å²) in [5, 5.41) is 5.54. The molecule has 160 valence electrons. The second-order valence-electron chi connectivity index (χ2n) is 6.89. The molecule has 0 unspecified atom stereocenters. The van der Waals surface area contributed by atoms with E-state index in [1.807, 2.05) is 18.2 Å². The van der Waals surface area contributed by atoms with Gasteiger partial charge in [0, 0.05) is 38.4 Å². The average Bonchev–Trinajstić information content (AvgIpc) is 2.79. The number of ether oxygens (including phenoxy) is 2. The fourth-order valence-electron chi connectivity index (χ4n) is 3.17. The van der Waals surface area contributed by atoms with E-state index < -0.39 is 6.04 Å². The largest absolute Gasteiger partial charge is 0.497 e. The summed E-state index contributed by atoms with van der Waals surface area (Å²) in [5.74, 6) is 1.65. The zero-order valence-electron chi connectivity index (χ0n) is 17.4. The number of carbonyl (C=O) groups is 2. The smallest absolute Gasteiger partial charge is 0.318 e. The van der Waals surface area contributed by atoms with E-state index in [0.717, 1.165) is 5.82 Å². The third-order valence-electron chi connectivity index (χ3n) is 4.94. The molecule has 1 aliphatic rings. The van der Waals surface area contributed by atoms with E-state index in [1.165, 1.54) is 7.11 Å². The molecule has 3 rings (SSSR count). The van der Waals surface area contributed by atoms with Crippen molar-refractivity contribution < 1.29 is 19.1 Å². The summed E-state index contributed by atoms with van der Waals surface area (Å²) in [6, 6.07) is 9.90. The molecule has 1 aromatic carbocycles. The molecule has 1 saturated heterocycles. The quantitative estimate of drug-likeness (QED) is 0.752.